The van der Waals surface area contributed by atoms with E-state index in [0.29, 0.717) is 16.3 Å². The van der Waals surface area contributed by atoms with E-state index < -0.39 is 11.1 Å². The van der Waals surface area contributed by atoms with Crippen LogP contribution in [0.25, 0.3) is 6.08 Å². The lowest BCUT2D eigenvalue weighted by Gasteiger charge is -2.05. The molecule has 0 atom stereocenters. The van der Waals surface area contributed by atoms with Crippen molar-refractivity contribution in [1.29, 1.82) is 0 Å². The number of imide groups is 1. The van der Waals surface area contributed by atoms with Gasteiger partial charge in [0.2, 0.25) is 0 Å². The summed E-state index contributed by atoms with van der Waals surface area (Å²) >= 11 is 6.93. The Bertz CT molecular complexity index is 682. The third-order valence-electron chi connectivity index (χ3n) is 3.03. The Hall–Kier alpha value is -1.79. The fourth-order valence-electron chi connectivity index (χ4n) is 1.77. The SMILES string of the molecule is O=C1NC(=O)C(=Cc2ccc(OC(=O)C3CC3)cc2Cl)S1. The minimum absolute atomic E-state index is 0.00941. The number of nitrogens with one attached hydrogen (secondary N) is 1. The number of carbonyl (C=O) groups excluding carboxylic acids is 3. The molecule has 1 aliphatic heterocycles. The molecule has 0 radical (unpaired) electrons. The van der Waals surface area contributed by atoms with Gasteiger partial charge in [0.1, 0.15) is 5.75 Å². The summed E-state index contributed by atoms with van der Waals surface area (Å²) in [5.74, 6) is -0.299. The molecule has 3 rings (SSSR count). The molecule has 2 aliphatic rings. The van der Waals surface area contributed by atoms with Gasteiger partial charge in [0, 0.05) is 6.07 Å². The van der Waals surface area contributed by atoms with Crippen LogP contribution in [0.2, 0.25) is 5.02 Å². The first-order valence-electron chi connectivity index (χ1n) is 6.29. The van der Waals surface area contributed by atoms with Gasteiger partial charge < -0.3 is 4.74 Å². The zero-order chi connectivity index (χ0) is 15.0. The number of rotatable bonds is 3. The Kier molecular flexibility index (Phi) is 3.73. The largest absolute Gasteiger partial charge is 0.426 e. The maximum Gasteiger partial charge on any atom is 0.314 e. The van der Waals surface area contributed by atoms with E-state index in [2.05, 4.69) is 5.32 Å². The topological polar surface area (TPSA) is 72.5 Å². The van der Waals surface area contributed by atoms with Gasteiger partial charge in [-0.15, -0.1) is 0 Å². The van der Waals surface area contributed by atoms with Gasteiger partial charge in [-0.3, -0.25) is 19.7 Å². The van der Waals surface area contributed by atoms with Crippen molar-refractivity contribution in [3.63, 3.8) is 0 Å². The fourth-order valence-corrected chi connectivity index (χ4v) is 2.67. The van der Waals surface area contributed by atoms with E-state index in [1.807, 2.05) is 0 Å². The van der Waals surface area contributed by atoms with Gasteiger partial charge in [-0.25, -0.2) is 0 Å². The van der Waals surface area contributed by atoms with Gasteiger partial charge >= 0.3 is 5.97 Å². The van der Waals surface area contributed by atoms with Crippen molar-refractivity contribution in [2.75, 3.05) is 0 Å². The molecule has 5 nitrogen and oxygen atoms in total. The van der Waals surface area contributed by atoms with Gasteiger partial charge in [0.15, 0.2) is 0 Å². The molecule has 1 saturated heterocycles. The lowest BCUT2D eigenvalue weighted by Crippen LogP contribution is -2.17. The molecule has 1 aromatic rings. The maximum atomic E-state index is 11.6. The molecule has 1 aromatic carbocycles. The van der Waals surface area contributed by atoms with E-state index in [1.165, 1.54) is 12.1 Å². The Morgan fingerprint density at radius 2 is 2.14 bits per heavy atom. The number of carbonyl (C=O) groups is 3. The van der Waals surface area contributed by atoms with Crippen molar-refractivity contribution in [2.24, 2.45) is 5.92 Å². The van der Waals surface area contributed by atoms with E-state index in [-0.39, 0.29) is 16.8 Å². The molecule has 1 heterocycles. The molecule has 2 fully saturated rings. The van der Waals surface area contributed by atoms with Crippen LogP contribution in [0, 0.1) is 5.92 Å². The number of ether oxygens (including phenoxy) is 1. The van der Waals surface area contributed by atoms with E-state index in [0.717, 1.165) is 24.6 Å². The van der Waals surface area contributed by atoms with Gasteiger partial charge in [-0.1, -0.05) is 11.6 Å². The summed E-state index contributed by atoms with van der Waals surface area (Å²) in [6.45, 7) is 0. The Morgan fingerprint density at radius 1 is 1.38 bits per heavy atom. The van der Waals surface area contributed by atoms with E-state index >= 15 is 0 Å². The lowest BCUT2D eigenvalue weighted by molar-refractivity contribution is -0.135. The quantitative estimate of drug-likeness (QED) is 0.526. The fraction of sp³-hybridized carbons (Fsp3) is 0.214. The number of amides is 2. The second-order valence-electron chi connectivity index (χ2n) is 4.73. The van der Waals surface area contributed by atoms with Crippen molar-refractivity contribution in [3.8, 4) is 5.75 Å². The predicted octanol–water partition coefficient (Wildman–Crippen LogP) is 2.98. The summed E-state index contributed by atoms with van der Waals surface area (Å²) in [5.41, 5.74) is 0.579. The summed E-state index contributed by atoms with van der Waals surface area (Å²) < 4.78 is 5.20. The van der Waals surface area contributed by atoms with Crippen molar-refractivity contribution in [3.05, 3.63) is 33.7 Å². The van der Waals surface area contributed by atoms with Crippen LogP contribution >= 0.6 is 23.4 Å². The summed E-state index contributed by atoms with van der Waals surface area (Å²) in [7, 11) is 0. The first kappa shape index (κ1) is 14.2. The van der Waals surface area contributed by atoms with Crippen LogP contribution in [0.3, 0.4) is 0 Å². The van der Waals surface area contributed by atoms with Crippen LogP contribution in [-0.4, -0.2) is 17.1 Å². The molecule has 0 spiro atoms. The molecule has 0 bridgehead atoms. The van der Waals surface area contributed by atoms with Gasteiger partial charge in [0.05, 0.1) is 15.8 Å². The summed E-state index contributed by atoms with van der Waals surface area (Å²) in [6.07, 6.45) is 3.27. The van der Waals surface area contributed by atoms with Crippen molar-refractivity contribution >= 4 is 46.6 Å². The average Bonchev–Trinajstić information content (AvgIpc) is 3.20. The molecule has 1 N–H and O–H groups in total. The Balaban J connectivity index is 1.78. The molecule has 7 heteroatoms. The molecule has 21 heavy (non-hydrogen) atoms. The van der Waals surface area contributed by atoms with Crippen molar-refractivity contribution < 1.29 is 19.1 Å². The number of halogens is 1. The Morgan fingerprint density at radius 3 is 2.71 bits per heavy atom. The minimum atomic E-state index is -0.440. The maximum absolute atomic E-state index is 11.6. The van der Waals surface area contributed by atoms with E-state index in [4.69, 9.17) is 16.3 Å². The molecule has 1 aliphatic carbocycles. The highest BCUT2D eigenvalue weighted by Crippen LogP contribution is 2.33. The van der Waals surface area contributed by atoms with Crippen LogP contribution in [0.4, 0.5) is 4.79 Å². The third kappa shape index (κ3) is 3.28. The van der Waals surface area contributed by atoms with Gasteiger partial charge in [-0.2, -0.15) is 0 Å². The molecular weight excluding hydrogens is 314 g/mol. The van der Waals surface area contributed by atoms with E-state index in [1.54, 1.807) is 12.1 Å². The highest BCUT2D eigenvalue weighted by molar-refractivity contribution is 8.18. The van der Waals surface area contributed by atoms with E-state index in [9.17, 15) is 14.4 Å². The van der Waals surface area contributed by atoms with Crippen molar-refractivity contribution in [2.45, 2.75) is 12.8 Å². The second kappa shape index (κ2) is 5.54. The number of hydrogen-bond acceptors (Lipinski definition) is 5. The Labute approximate surface area is 129 Å². The summed E-state index contributed by atoms with van der Waals surface area (Å²) in [4.78, 5) is 34.4. The molecular formula is C14H10ClNO4S. The predicted molar refractivity (Wildman–Crippen MR) is 78.9 cm³/mol. The highest BCUT2D eigenvalue weighted by Gasteiger charge is 2.31. The van der Waals surface area contributed by atoms with Crippen LogP contribution in [-0.2, 0) is 9.59 Å². The number of thioether (sulfide) groups is 1. The molecule has 2 amide bonds. The molecule has 0 aromatic heterocycles. The normalized spacial score (nSPS) is 19.8. The van der Waals surface area contributed by atoms with Gasteiger partial charge in [0.25, 0.3) is 11.1 Å². The third-order valence-corrected chi connectivity index (χ3v) is 4.17. The summed E-state index contributed by atoms with van der Waals surface area (Å²) in [5, 5.41) is 2.11. The number of esters is 1. The minimum Gasteiger partial charge on any atom is -0.426 e. The second-order valence-corrected chi connectivity index (χ2v) is 6.15. The number of benzene rings is 1. The smallest absolute Gasteiger partial charge is 0.314 e. The standard InChI is InChI=1S/C14H10ClNO4S/c15-10-6-9(20-13(18)7-1-2-7)4-3-8(10)5-11-12(17)16-14(19)21-11/h3-7H,1-2H2,(H,16,17,19). The monoisotopic (exact) mass is 323 g/mol. The first-order valence-corrected chi connectivity index (χ1v) is 7.48. The average molecular weight is 324 g/mol. The van der Waals surface area contributed by atoms with Crippen LogP contribution in [0.5, 0.6) is 5.75 Å². The zero-order valence-electron chi connectivity index (χ0n) is 10.7. The molecule has 1 saturated carbocycles. The molecule has 108 valence electrons. The highest BCUT2D eigenvalue weighted by atomic mass is 35.5. The summed E-state index contributed by atoms with van der Waals surface area (Å²) in [6, 6.07) is 4.77. The zero-order valence-corrected chi connectivity index (χ0v) is 12.3. The first-order chi connectivity index (χ1) is 10.0. The van der Waals surface area contributed by atoms with Crippen molar-refractivity contribution in [1.82, 2.24) is 5.32 Å². The number of hydrogen-bond donors (Lipinski definition) is 1. The lowest BCUT2D eigenvalue weighted by atomic mass is 10.2. The van der Waals surface area contributed by atoms with Crippen LogP contribution in [0.1, 0.15) is 18.4 Å². The van der Waals surface area contributed by atoms with Crippen LogP contribution < -0.4 is 10.1 Å². The van der Waals surface area contributed by atoms with Crippen LogP contribution in [0.15, 0.2) is 23.1 Å². The van der Waals surface area contributed by atoms with Gasteiger partial charge in [-0.05, 0) is 48.4 Å². The molecule has 0 unspecified atom stereocenters.